The van der Waals surface area contributed by atoms with E-state index >= 15 is 0 Å². The van der Waals surface area contributed by atoms with Gasteiger partial charge in [0.05, 0.1) is 10.5 Å². The molecule has 0 aliphatic carbocycles. The summed E-state index contributed by atoms with van der Waals surface area (Å²) >= 11 is 0. The molecule has 6 aliphatic heterocycles. The first-order chi connectivity index (χ1) is 21.5. The van der Waals surface area contributed by atoms with Crippen molar-refractivity contribution in [3.8, 4) is 11.5 Å². The Morgan fingerprint density at radius 3 is 2.48 bits per heavy atom. The van der Waals surface area contributed by atoms with Crippen LogP contribution in [0.15, 0.2) is 41.3 Å². The van der Waals surface area contributed by atoms with Crippen molar-refractivity contribution in [3.63, 3.8) is 0 Å². The summed E-state index contributed by atoms with van der Waals surface area (Å²) in [5.41, 5.74) is 15.6. The molecule has 6 aliphatic rings. The van der Waals surface area contributed by atoms with Gasteiger partial charge >= 0.3 is 0 Å². The van der Waals surface area contributed by atoms with Gasteiger partial charge < -0.3 is 15.4 Å². The topological polar surface area (TPSA) is 78.9 Å². The van der Waals surface area contributed by atoms with E-state index in [0.29, 0.717) is 24.5 Å². The van der Waals surface area contributed by atoms with E-state index in [1.807, 2.05) is 24.3 Å². The van der Waals surface area contributed by atoms with Crippen molar-refractivity contribution in [1.29, 1.82) is 0 Å². The van der Waals surface area contributed by atoms with Crippen molar-refractivity contribution >= 4 is 21.3 Å². The van der Waals surface area contributed by atoms with Crippen molar-refractivity contribution < 1.29 is 13.2 Å². The summed E-state index contributed by atoms with van der Waals surface area (Å²) in [4.78, 5) is 2.96. The van der Waals surface area contributed by atoms with Crippen molar-refractivity contribution in [2.45, 2.75) is 62.7 Å². The first-order valence-electron chi connectivity index (χ1n) is 16.8. The third-order valence-corrected chi connectivity index (χ3v) is 13.0. The first kappa shape index (κ1) is 27.1. The van der Waals surface area contributed by atoms with Crippen LogP contribution in [0.3, 0.4) is 0 Å². The fourth-order valence-corrected chi connectivity index (χ4v) is 10.8. The van der Waals surface area contributed by atoms with Crippen LogP contribution in [-0.2, 0) is 35.7 Å². The van der Waals surface area contributed by atoms with Gasteiger partial charge in [-0.15, -0.1) is 0 Å². The number of fused-ring (bicyclic) bond motifs is 4. The predicted octanol–water partition coefficient (Wildman–Crippen LogP) is 3.09. The van der Waals surface area contributed by atoms with Gasteiger partial charge in [0.1, 0.15) is 24.6 Å². The van der Waals surface area contributed by atoms with E-state index in [4.69, 9.17) is 10.5 Å². The lowest BCUT2D eigenvalue weighted by Gasteiger charge is -2.39. The molecular formula is C36H41N4O3S+. The van der Waals surface area contributed by atoms with Crippen molar-refractivity contribution in [3.05, 3.63) is 80.4 Å². The quantitative estimate of drug-likeness (QED) is 0.360. The fraction of sp³-hybridized carbons (Fsp3) is 0.472. The van der Waals surface area contributed by atoms with Crippen LogP contribution in [0, 0.1) is 5.92 Å². The van der Waals surface area contributed by atoms with Gasteiger partial charge in [-0.3, -0.25) is 0 Å². The average Bonchev–Trinajstić information content (AvgIpc) is 3.55. The molecule has 1 saturated heterocycles. The summed E-state index contributed by atoms with van der Waals surface area (Å²) in [6.07, 6.45) is 9.41. The van der Waals surface area contributed by atoms with E-state index in [2.05, 4.69) is 21.6 Å². The molecule has 228 valence electrons. The third kappa shape index (κ3) is 3.93. The van der Waals surface area contributed by atoms with E-state index in [0.717, 1.165) is 117 Å². The molecule has 0 amide bonds. The number of hydrogen-bond acceptors (Lipinski definition) is 5. The van der Waals surface area contributed by atoms with Crippen LogP contribution in [0.1, 0.15) is 65.5 Å². The van der Waals surface area contributed by atoms with Crippen LogP contribution >= 0.6 is 0 Å². The average molecular weight is 610 g/mol. The molecule has 0 saturated carbocycles. The molecule has 2 N–H and O–H groups in total. The zero-order chi connectivity index (χ0) is 29.6. The highest BCUT2D eigenvalue weighted by Crippen LogP contribution is 2.49. The molecule has 0 radical (unpaired) electrons. The molecule has 0 bridgehead atoms. The number of anilines is 1. The maximum absolute atomic E-state index is 14.4. The molecule has 3 aromatic rings. The number of aryl methyl sites for hydroxylation is 2. The third-order valence-electron chi connectivity index (χ3n) is 11.0. The minimum Gasteiger partial charge on any atom is -0.455 e. The zero-order valence-electron chi connectivity index (χ0n) is 25.4. The molecule has 1 fully saturated rings. The van der Waals surface area contributed by atoms with E-state index in [1.54, 1.807) is 4.31 Å². The lowest BCUT2D eigenvalue weighted by Crippen LogP contribution is -2.45. The molecule has 44 heavy (non-hydrogen) atoms. The minimum atomic E-state index is -3.73. The number of benzene rings is 3. The molecular weight excluding hydrogens is 568 g/mol. The zero-order valence-corrected chi connectivity index (χ0v) is 26.2. The van der Waals surface area contributed by atoms with Crippen molar-refractivity contribution in [2.24, 2.45) is 11.7 Å². The number of sulfonamides is 1. The second kappa shape index (κ2) is 10.2. The van der Waals surface area contributed by atoms with E-state index in [9.17, 15) is 8.42 Å². The highest BCUT2D eigenvalue weighted by atomic mass is 32.2. The lowest BCUT2D eigenvalue weighted by molar-refractivity contribution is 0.431. The molecule has 7 nitrogen and oxygen atoms in total. The maximum Gasteiger partial charge on any atom is 0.243 e. The smallest absolute Gasteiger partial charge is 0.243 e. The largest absolute Gasteiger partial charge is 0.455 e. The van der Waals surface area contributed by atoms with E-state index in [-0.39, 0.29) is 5.92 Å². The Labute approximate surface area is 259 Å². The van der Waals surface area contributed by atoms with Crippen molar-refractivity contribution in [2.75, 3.05) is 50.7 Å². The standard InChI is InChI=1S/C36H41N4O3S/c37-21-23-13-18-40(22-23)44(41,42)31-12-2-1-9-26(31)32-29-19-24-7-3-14-38-16-5-10-27(33(24)38)35(29)43-36-28-11-6-17-39-15-4-8-25(34(28)39)20-30(32)36/h1-2,9,12,19-20,23H,3-8,10-11,13-18,21-22,37H2/q+1. The molecule has 6 heterocycles. The summed E-state index contributed by atoms with van der Waals surface area (Å²) in [6, 6.07) is 12.4. The van der Waals surface area contributed by atoms with Gasteiger partial charge in [0, 0.05) is 77.8 Å². The summed E-state index contributed by atoms with van der Waals surface area (Å²) in [5, 5.41) is 2.44. The SMILES string of the molecule is NCC1CCN(S(=O)(=O)c2ccccc2C2=c3cc4c5c(c3Oc3c2cc2c6c3CCCN6CCC2)CCC[N+]=5CCC4)C1. The Morgan fingerprint density at radius 2 is 1.64 bits per heavy atom. The molecule has 0 aromatic heterocycles. The monoisotopic (exact) mass is 609 g/mol. The van der Waals surface area contributed by atoms with Crippen LogP contribution < -0.4 is 30.5 Å². The highest BCUT2D eigenvalue weighted by molar-refractivity contribution is 7.89. The summed E-state index contributed by atoms with van der Waals surface area (Å²) < 4.78 is 40.3. The van der Waals surface area contributed by atoms with Gasteiger partial charge in [-0.2, -0.15) is 4.31 Å². The Morgan fingerprint density at radius 1 is 0.864 bits per heavy atom. The van der Waals surface area contributed by atoms with Crippen LogP contribution in [0.25, 0.3) is 5.57 Å². The highest BCUT2D eigenvalue weighted by Gasteiger charge is 2.38. The maximum atomic E-state index is 14.4. The molecule has 8 heteroatoms. The molecule has 1 unspecified atom stereocenters. The van der Waals surface area contributed by atoms with Crippen LogP contribution in [0.4, 0.5) is 5.69 Å². The minimum absolute atomic E-state index is 0.208. The van der Waals surface area contributed by atoms with Crippen LogP contribution in [-0.4, -0.2) is 58.5 Å². The van der Waals surface area contributed by atoms with Gasteiger partial charge in [0.15, 0.2) is 0 Å². The lowest BCUT2D eigenvalue weighted by atomic mass is 9.82. The summed E-state index contributed by atoms with van der Waals surface area (Å²) in [7, 11) is -3.73. The molecule has 1 atom stereocenters. The normalized spacial score (nSPS) is 22.2. The molecule has 9 rings (SSSR count). The second-order valence-corrected chi connectivity index (χ2v) is 15.5. The summed E-state index contributed by atoms with van der Waals surface area (Å²) in [5.74, 6) is 2.12. The number of nitrogens with zero attached hydrogens (tertiary/aromatic N) is 3. The number of rotatable bonds is 4. The predicted molar refractivity (Wildman–Crippen MR) is 173 cm³/mol. The molecule has 3 aromatic carbocycles. The van der Waals surface area contributed by atoms with Crippen LogP contribution in [0.2, 0.25) is 0 Å². The Balaban J connectivity index is 1.37. The number of nitrogens with two attached hydrogens (primary N) is 1. The number of ether oxygens (including phenoxy) is 1. The second-order valence-electron chi connectivity index (χ2n) is 13.6. The van der Waals surface area contributed by atoms with Gasteiger partial charge in [-0.05, 0) is 81.2 Å². The number of hydrogen-bond donors (Lipinski definition) is 1. The van der Waals surface area contributed by atoms with Crippen LogP contribution in [0.5, 0.6) is 11.5 Å². The van der Waals surface area contributed by atoms with Gasteiger partial charge in [-0.1, -0.05) is 18.2 Å². The van der Waals surface area contributed by atoms with Gasteiger partial charge in [0.2, 0.25) is 15.4 Å². The first-order valence-corrected chi connectivity index (χ1v) is 18.2. The summed E-state index contributed by atoms with van der Waals surface area (Å²) in [6.45, 7) is 5.91. The Kier molecular flexibility index (Phi) is 6.27. The van der Waals surface area contributed by atoms with E-state index in [1.165, 1.54) is 33.3 Å². The van der Waals surface area contributed by atoms with E-state index < -0.39 is 10.0 Å². The van der Waals surface area contributed by atoms with Gasteiger partial charge in [0.25, 0.3) is 0 Å². The van der Waals surface area contributed by atoms with Gasteiger partial charge in [-0.25, -0.2) is 13.0 Å². The molecule has 0 spiro atoms. The Bertz CT molecular complexity index is 1960. The van der Waals surface area contributed by atoms with Crippen molar-refractivity contribution in [1.82, 2.24) is 8.88 Å². The Hall–Kier alpha value is -3.20. The fourth-order valence-electron chi connectivity index (χ4n) is 9.05.